The van der Waals surface area contributed by atoms with Crippen LogP contribution in [0, 0.1) is 6.92 Å². The molecular weight excluding hydrogens is 344 g/mol. The Bertz CT molecular complexity index is 919. The second-order valence-electron chi connectivity index (χ2n) is 6.48. The Balaban J connectivity index is 1.44. The fraction of sp³-hybridized carbons (Fsp3) is 0.250. The van der Waals surface area contributed by atoms with Gasteiger partial charge in [0.15, 0.2) is 0 Å². The first-order valence-electron chi connectivity index (χ1n) is 8.71. The largest absolute Gasteiger partial charge is 0.325 e. The molecule has 1 fully saturated rings. The van der Waals surface area contributed by atoms with Crippen LogP contribution in [0.5, 0.6) is 0 Å². The van der Waals surface area contributed by atoms with E-state index in [2.05, 4.69) is 15.4 Å². The minimum atomic E-state index is -0.0513. The molecule has 0 saturated heterocycles. The molecule has 2 aromatic carbocycles. The number of hydrogen-bond donors (Lipinski definition) is 1. The molecule has 1 aliphatic rings. The van der Waals surface area contributed by atoms with Crippen molar-refractivity contribution in [3.8, 4) is 5.69 Å². The van der Waals surface area contributed by atoms with Gasteiger partial charge < -0.3 is 5.32 Å². The molecule has 1 aromatic heterocycles. The summed E-state index contributed by atoms with van der Waals surface area (Å²) in [5.74, 6) is 1.72. The third-order valence-electron chi connectivity index (χ3n) is 4.19. The molecule has 0 bridgehead atoms. The average molecular weight is 364 g/mol. The monoisotopic (exact) mass is 364 g/mol. The summed E-state index contributed by atoms with van der Waals surface area (Å²) in [6.07, 6.45) is 2.31. The van der Waals surface area contributed by atoms with E-state index in [1.165, 1.54) is 11.8 Å². The standard InChI is InChI=1S/C20H20N4OS/c1-14-6-5-7-16(12-14)21-18(25)13-26-20-22-19(15-10-11-15)24(23-20)17-8-3-2-4-9-17/h2-9,12,15H,10-11,13H2,1H3,(H,21,25). The average Bonchev–Trinajstić information content (AvgIpc) is 3.40. The highest BCUT2D eigenvalue weighted by Crippen LogP contribution is 2.40. The van der Waals surface area contributed by atoms with Crippen molar-refractivity contribution in [3.63, 3.8) is 0 Å². The van der Waals surface area contributed by atoms with Crippen LogP contribution in [0.4, 0.5) is 5.69 Å². The summed E-state index contributed by atoms with van der Waals surface area (Å²) in [6.45, 7) is 2.00. The summed E-state index contributed by atoms with van der Waals surface area (Å²) in [5.41, 5.74) is 2.95. The first-order chi connectivity index (χ1) is 12.7. The number of para-hydroxylation sites is 1. The Kier molecular flexibility index (Phi) is 4.75. The molecule has 1 aliphatic carbocycles. The third-order valence-corrected chi connectivity index (χ3v) is 5.03. The molecule has 0 atom stereocenters. The molecule has 0 aliphatic heterocycles. The molecule has 26 heavy (non-hydrogen) atoms. The van der Waals surface area contributed by atoms with Crippen molar-refractivity contribution >= 4 is 23.4 Å². The van der Waals surface area contributed by atoms with Crippen molar-refractivity contribution in [1.82, 2.24) is 14.8 Å². The zero-order valence-electron chi connectivity index (χ0n) is 14.6. The molecule has 4 rings (SSSR count). The highest BCUT2D eigenvalue weighted by molar-refractivity contribution is 7.99. The number of amides is 1. The molecule has 1 amide bonds. The summed E-state index contributed by atoms with van der Waals surface area (Å²) in [4.78, 5) is 16.9. The van der Waals surface area contributed by atoms with Gasteiger partial charge >= 0.3 is 0 Å². The molecule has 0 radical (unpaired) electrons. The van der Waals surface area contributed by atoms with Crippen molar-refractivity contribution in [2.45, 2.75) is 30.8 Å². The van der Waals surface area contributed by atoms with Crippen LogP contribution in [0.1, 0.15) is 30.1 Å². The van der Waals surface area contributed by atoms with Crippen LogP contribution >= 0.6 is 11.8 Å². The smallest absolute Gasteiger partial charge is 0.234 e. The van der Waals surface area contributed by atoms with Crippen molar-refractivity contribution in [3.05, 3.63) is 66.0 Å². The van der Waals surface area contributed by atoms with Gasteiger partial charge in [0, 0.05) is 11.6 Å². The number of rotatable bonds is 6. The number of carbonyl (C=O) groups excluding carboxylic acids is 1. The second-order valence-corrected chi connectivity index (χ2v) is 7.42. The lowest BCUT2D eigenvalue weighted by Gasteiger charge is -2.04. The van der Waals surface area contributed by atoms with Crippen LogP contribution < -0.4 is 5.32 Å². The van der Waals surface area contributed by atoms with Gasteiger partial charge in [-0.05, 0) is 49.6 Å². The van der Waals surface area contributed by atoms with Gasteiger partial charge in [0.25, 0.3) is 0 Å². The molecule has 1 N–H and O–H groups in total. The van der Waals surface area contributed by atoms with Crippen molar-refractivity contribution in [1.29, 1.82) is 0 Å². The highest BCUT2D eigenvalue weighted by Gasteiger charge is 2.30. The minimum Gasteiger partial charge on any atom is -0.325 e. The van der Waals surface area contributed by atoms with E-state index < -0.39 is 0 Å². The second kappa shape index (κ2) is 7.33. The maximum atomic E-state index is 12.2. The van der Waals surface area contributed by atoms with Crippen molar-refractivity contribution in [2.75, 3.05) is 11.1 Å². The van der Waals surface area contributed by atoms with E-state index in [1.807, 2.05) is 66.2 Å². The van der Waals surface area contributed by atoms with Gasteiger partial charge in [-0.25, -0.2) is 9.67 Å². The van der Waals surface area contributed by atoms with Gasteiger partial charge in [0.1, 0.15) is 5.82 Å². The Morgan fingerprint density at radius 2 is 2.00 bits per heavy atom. The number of benzene rings is 2. The zero-order valence-corrected chi connectivity index (χ0v) is 15.4. The quantitative estimate of drug-likeness (QED) is 0.667. The Hall–Kier alpha value is -2.60. The summed E-state index contributed by atoms with van der Waals surface area (Å²) in [7, 11) is 0. The molecular formula is C20H20N4OS. The molecule has 132 valence electrons. The number of anilines is 1. The number of nitrogens with zero attached hydrogens (tertiary/aromatic N) is 3. The summed E-state index contributed by atoms with van der Waals surface area (Å²) >= 11 is 1.37. The topological polar surface area (TPSA) is 59.8 Å². The third kappa shape index (κ3) is 3.96. The van der Waals surface area contributed by atoms with E-state index in [4.69, 9.17) is 0 Å². The number of thioether (sulfide) groups is 1. The highest BCUT2D eigenvalue weighted by atomic mass is 32.2. The Labute approximate surface area is 156 Å². The van der Waals surface area contributed by atoms with Crippen LogP contribution in [0.2, 0.25) is 0 Å². The van der Waals surface area contributed by atoms with E-state index >= 15 is 0 Å². The van der Waals surface area contributed by atoms with E-state index in [1.54, 1.807) is 0 Å². The fourth-order valence-electron chi connectivity index (χ4n) is 2.78. The van der Waals surface area contributed by atoms with Gasteiger partial charge in [-0.2, -0.15) is 0 Å². The first kappa shape index (κ1) is 16.8. The van der Waals surface area contributed by atoms with Gasteiger partial charge in [0.2, 0.25) is 11.1 Å². The van der Waals surface area contributed by atoms with E-state index in [0.29, 0.717) is 11.1 Å². The number of hydrogen-bond acceptors (Lipinski definition) is 4. The predicted molar refractivity (Wildman–Crippen MR) is 104 cm³/mol. The number of nitrogens with one attached hydrogen (secondary N) is 1. The molecule has 1 heterocycles. The van der Waals surface area contributed by atoms with Crippen LogP contribution in [0.15, 0.2) is 59.8 Å². The minimum absolute atomic E-state index is 0.0513. The lowest BCUT2D eigenvalue weighted by molar-refractivity contribution is -0.113. The molecule has 1 saturated carbocycles. The van der Waals surface area contributed by atoms with Crippen molar-refractivity contribution in [2.24, 2.45) is 0 Å². The van der Waals surface area contributed by atoms with E-state index in [9.17, 15) is 4.79 Å². The van der Waals surface area contributed by atoms with E-state index in [0.717, 1.165) is 35.6 Å². The number of carbonyl (C=O) groups is 1. The summed E-state index contributed by atoms with van der Waals surface area (Å²) in [6, 6.07) is 17.8. The zero-order chi connectivity index (χ0) is 17.9. The van der Waals surface area contributed by atoms with Crippen molar-refractivity contribution < 1.29 is 4.79 Å². The van der Waals surface area contributed by atoms with Crippen LogP contribution in [-0.2, 0) is 4.79 Å². The predicted octanol–water partition coefficient (Wildman–Crippen LogP) is 4.18. The Morgan fingerprint density at radius 1 is 1.19 bits per heavy atom. The normalized spacial score (nSPS) is 13.6. The number of aryl methyl sites for hydroxylation is 1. The fourth-order valence-corrected chi connectivity index (χ4v) is 3.41. The van der Waals surface area contributed by atoms with Gasteiger partial charge in [0.05, 0.1) is 11.4 Å². The van der Waals surface area contributed by atoms with Crippen LogP contribution in [-0.4, -0.2) is 26.4 Å². The maximum absolute atomic E-state index is 12.2. The molecule has 0 spiro atoms. The van der Waals surface area contributed by atoms with E-state index in [-0.39, 0.29) is 11.7 Å². The van der Waals surface area contributed by atoms with Crippen LogP contribution in [0.25, 0.3) is 5.69 Å². The molecule has 6 heteroatoms. The first-order valence-corrected chi connectivity index (χ1v) is 9.69. The number of aromatic nitrogens is 3. The maximum Gasteiger partial charge on any atom is 0.234 e. The summed E-state index contributed by atoms with van der Waals surface area (Å²) < 4.78 is 1.92. The summed E-state index contributed by atoms with van der Waals surface area (Å²) in [5, 5.41) is 8.19. The SMILES string of the molecule is Cc1cccc(NC(=O)CSc2nc(C3CC3)n(-c3ccccc3)n2)c1. The Morgan fingerprint density at radius 3 is 2.73 bits per heavy atom. The van der Waals surface area contributed by atoms with Gasteiger partial charge in [-0.1, -0.05) is 42.1 Å². The van der Waals surface area contributed by atoms with Gasteiger partial charge in [-0.3, -0.25) is 4.79 Å². The lowest BCUT2D eigenvalue weighted by atomic mass is 10.2. The molecule has 0 unspecified atom stereocenters. The molecule has 3 aromatic rings. The molecule has 5 nitrogen and oxygen atoms in total. The van der Waals surface area contributed by atoms with Gasteiger partial charge in [-0.15, -0.1) is 5.10 Å². The lowest BCUT2D eigenvalue weighted by Crippen LogP contribution is -2.14. The van der Waals surface area contributed by atoms with Crippen LogP contribution in [0.3, 0.4) is 0 Å².